The molecule has 0 saturated carbocycles. The summed E-state index contributed by atoms with van der Waals surface area (Å²) in [5.74, 6) is 0.850. The van der Waals surface area contributed by atoms with Gasteiger partial charge in [0, 0.05) is 49.8 Å². The van der Waals surface area contributed by atoms with Crippen molar-refractivity contribution >= 4 is 16.8 Å². The van der Waals surface area contributed by atoms with Crippen molar-refractivity contribution in [1.82, 2.24) is 14.8 Å². The lowest BCUT2D eigenvalue weighted by Crippen LogP contribution is -2.48. The number of rotatable bonds is 4. The fraction of sp³-hybridized carbons (Fsp3) is 0.286. The first-order valence-electron chi connectivity index (χ1n) is 8.95. The molecule has 5 nitrogen and oxygen atoms in total. The highest BCUT2D eigenvalue weighted by atomic mass is 16.5. The van der Waals surface area contributed by atoms with Crippen LogP contribution in [0.2, 0.25) is 0 Å². The summed E-state index contributed by atoms with van der Waals surface area (Å²) in [7, 11) is 1.64. The summed E-state index contributed by atoms with van der Waals surface area (Å²) in [4.78, 5) is 20.5. The van der Waals surface area contributed by atoms with Crippen LogP contribution < -0.4 is 4.74 Å². The van der Waals surface area contributed by atoms with Gasteiger partial charge in [-0.15, -0.1) is 0 Å². The largest absolute Gasteiger partial charge is 0.497 e. The van der Waals surface area contributed by atoms with E-state index >= 15 is 0 Å². The number of nitrogens with zero attached hydrogens (tertiary/aromatic N) is 2. The molecule has 2 heterocycles. The summed E-state index contributed by atoms with van der Waals surface area (Å²) in [6.07, 6.45) is 1.81. The van der Waals surface area contributed by atoms with Crippen molar-refractivity contribution in [2.75, 3.05) is 33.3 Å². The number of aromatic nitrogens is 1. The number of methoxy groups -OCH3 is 1. The molecule has 1 N–H and O–H groups in total. The fourth-order valence-electron chi connectivity index (χ4n) is 3.52. The third-order valence-corrected chi connectivity index (χ3v) is 5.03. The van der Waals surface area contributed by atoms with E-state index in [1.165, 1.54) is 5.56 Å². The van der Waals surface area contributed by atoms with Crippen LogP contribution in [-0.4, -0.2) is 54.0 Å². The van der Waals surface area contributed by atoms with Crippen molar-refractivity contribution in [3.8, 4) is 5.75 Å². The van der Waals surface area contributed by atoms with Gasteiger partial charge in [-0.3, -0.25) is 9.69 Å². The summed E-state index contributed by atoms with van der Waals surface area (Å²) in [6, 6.07) is 16.2. The second kappa shape index (κ2) is 7.22. The molecule has 0 spiro atoms. The van der Waals surface area contributed by atoms with Crippen LogP contribution in [0.25, 0.3) is 10.9 Å². The number of hydrogen-bond donors (Lipinski definition) is 1. The van der Waals surface area contributed by atoms with Crippen LogP contribution >= 0.6 is 0 Å². The molecule has 4 rings (SSSR count). The number of nitrogens with one attached hydrogen (secondary N) is 1. The van der Waals surface area contributed by atoms with Gasteiger partial charge in [0.05, 0.1) is 12.7 Å². The van der Waals surface area contributed by atoms with Crippen LogP contribution in [-0.2, 0) is 6.54 Å². The monoisotopic (exact) mass is 349 g/mol. The predicted octanol–water partition coefficient (Wildman–Crippen LogP) is 3.13. The van der Waals surface area contributed by atoms with Crippen LogP contribution in [0.3, 0.4) is 0 Å². The van der Waals surface area contributed by atoms with Crippen LogP contribution in [0.15, 0.2) is 54.7 Å². The maximum absolute atomic E-state index is 13.0. The third-order valence-electron chi connectivity index (χ3n) is 5.03. The molecule has 5 heteroatoms. The highest BCUT2D eigenvalue weighted by Gasteiger charge is 2.24. The molecule has 134 valence electrons. The van der Waals surface area contributed by atoms with Crippen molar-refractivity contribution < 1.29 is 9.53 Å². The number of hydrogen-bond acceptors (Lipinski definition) is 3. The first-order chi connectivity index (χ1) is 12.7. The molecule has 3 aromatic rings. The van der Waals surface area contributed by atoms with Gasteiger partial charge in [-0.1, -0.05) is 30.3 Å². The Morgan fingerprint density at radius 1 is 1.08 bits per heavy atom. The second-order valence-electron chi connectivity index (χ2n) is 6.67. The molecule has 1 aromatic heterocycles. The van der Waals surface area contributed by atoms with E-state index < -0.39 is 0 Å². The minimum absolute atomic E-state index is 0.0869. The molecule has 1 amide bonds. The van der Waals surface area contributed by atoms with E-state index in [0.717, 1.165) is 54.9 Å². The Morgan fingerprint density at radius 2 is 1.85 bits per heavy atom. The lowest BCUT2D eigenvalue weighted by Gasteiger charge is -2.34. The molecule has 1 aliphatic rings. The van der Waals surface area contributed by atoms with E-state index in [0.29, 0.717) is 0 Å². The Balaban J connectivity index is 1.44. The van der Waals surface area contributed by atoms with E-state index in [-0.39, 0.29) is 5.91 Å². The number of aromatic amines is 1. The van der Waals surface area contributed by atoms with Crippen LogP contribution in [0.1, 0.15) is 15.9 Å². The Hall–Kier alpha value is -2.79. The summed E-state index contributed by atoms with van der Waals surface area (Å²) in [5, 5.41) is 0.918. The van der Waals surface area contributed by atoms with Gasteiger partial charge in [0.15, 0.2) is 0 Å². The number of ether oxygens (including phenoxy) is 1. The van der Waals surface area contributed by atoms with Crippen molar-refractivity contribution in [1.29, 1.82) is 0 Å². The van der Waals surface area contributed by atoms with Gasteiger partial charge in [-0.2, -0.15) is 0 Å². The van der Waals surface area contributed by atoms with Crippen molar-refractivity contribution in [2.24, 2.45) is 0 Å². The van der Waals surface area contributed by atoms with Crippen LogP contribution in [0.4, 0.5) is 0 Å². The average Bonchev–Trinajstić information content (AvgIpc) is 3.12. The van der Waals surface area contributed by atoms with Gasteiger partial charge < -0.3 is 14.6 Å². The van der Waals surface area contributed by atoms with Gasteiger partial charge in [-0.05, 0) is 23.8 Å². The van der Waals surface area contributed by atoms with E-state index in [1.54, 1.807) is 7.11 Å². The van der Waals surface area contributed by atoms with E-state index in [2.05, 4.69) is 34.1 Å². The molecular formula is C21H23N3O2. The quantitative estimate of drug-likeness (QED) is 0.787. The molecule has 1 aliphatic heterocycles. The summed E-state index contributed by atoms with van der Waals surface area (Å²) in [5.41, 5.74) is 2.99. The Morgan fingerprint density at radius 3 is 2.58 bits per heavy atom. The Labute approximate surface area is 153 Å². The van der Waals surface area contributed by atoms with Crippen molar-refractivity contribution in [3.05, 3.63) is 65.9 Å². The van der Waals surface area contributed by atoms with Gasteiger partial charge in [-0.25, -0.2) is 0 Å². The SMILES string of the molecule is COc1ccc2[nH]cc(C(=O)N3CCN(Cc4ccccc4)CC3)c2c1. The second-order valence-corrected chi connectivity index (χ2v) is 6.67. The maximum Gasteiger partial charge on any atom is 0.256 e. The molecule has 1 fully saturated rings. The zero-order valence-corrected chi connectivity index (χ0v) is 14.9. The molecule has 2 aromatic carbocycles. The van der Waals surface area contributed by atoms with Crippen LogP contribution in [0.5, 0.6) is 5.75 Å². The standard InChI is InChI=1S/C21H23N3O2/c1-26-17-7-8-20-18(13-17)19(14-22-20)21(25)24-11-9-23(10-12-24)15-16-5-3-2-4-6-16/h2-8,13-14,22H,9-12,15H2,1H3. The molecule has 0 radical (unpaired) electrons. The number of fused-ring (bicyclic) bond motifs is 1. The highest BCUT2D eigenvalue weighted by Crippen LogP contribution is 2.25. The average molecular weight is 349 g/mol. The highest BCUT2D eigenvalue weighted by molar-refractivity contribution is 6.07. The lowest BCUT2D eigenvalue weighted by atomic mass is 10.1. The smallest absolute Gasteiger partial charge is 0.256 e. The molecule has 0 bridgehead atoms. The van der Waals surface area contributed by atoms with Crippen molar-refractivity contribution in [2.45, 2.75) is 6.54 Å². The van der Waals surface area contributed by atoms with Gasteiger partial charge in [0.25, 0.3) is 5.91 Å². The number of amides is 1. The molecule has 0 aliphatic carbocycles. The number of H-pyrrole nitrogens is 1. The molecule has 0 unspecified atom stereocenters. The summed E-state index contributed by atoms with van der Waals surface area (Å²) >= 11 is 0. The maximum atomic E-state index is 13.0. The third kappa shape index (κ3) is 3.30. The van der Waals surface area contributed by atoms with Crippen molar-refractivity contribution in [3.63, 3.8) is 0 Å². The zero-order chi connectivity index (χ0) is 17.9. The molecule has 0 atom stereocenters. The molecule has 1 saturated heterocycles. The fourth-order valence-corrected chi connectivity index (χ4v) is 3.52. The Bertz CT molecular complexity index is 896. The lowest BCUT2D eigenvalue weighted by molar-refractivity contribution is 0.0630. The van der Waals surface area contributed by atoms with Crippen LogP contribution in [0, 0.1) is 0 Å². The van der Waals surface area contributed by atoms with E-state index in [1.807, 2.05) is 35.4 Å². The van der Waals surface area contributed by atoms with E-state index in [4.69, 9.17) is 4.74 Å². The van der Waals surface area contributed by atoms with E-state index in [9.17, 15) is 4.79 Å². The number of piperazine rings is 1. The summed E-state index contributed by atoms with van der Waals surface area (Å²) < 4.78 is 5.30. The number of carbonyl (C=O) groups excluding carboxylic acids is 1. The first-order valence-corrected chi connectivity index (χ1v) is 8.95. The first kappa shape index (κ1) is 16.7. The topological polar surface area (TPSA) is 48.6 Å². The molecule has 26 heavy (non-hydrogen) atoms. The summed E-state index contributed by atoms with van der Waals surface area (Å²) in [6.45, 7) is 4.23. The van der Waals surface area contributed by atoms with Gasteiger partial charge in [0.1, 0.15) is 5.75 Å². The Kier molecular flexibility index (Phi) is 4.63. The number of benzene rings is 2. The minimum Gasteiger partial charge on any atom is -0.497 e. The molecular weight excluding hydrogens is 326 g/mol. The normalized spacial score (nSPS) is 15.3. The minimum atomic E-state index is 0.0869. The zero-order valence-electron chi connectivity index (χ0n) is 14.9. The predicted molar refractivity (Wildman–Crippen MR) is 102 cm³/mol. The number of carbonyl (C=O) groups is 1. The van der Waals surface area contributed by atoms with Gasteiger partial charge in [0.2, 0.25) is 0 Å². The van der Waals surface area contributed by atoms with Gasteiger partial charge >= 0.3 is 0 Å².